The molecule has 2 aromatic heterocycles. The molecule has 37 heavy (non-hydrogen) atoms. The van der Waals surface area contributed by atoms with Gasteiger partial charge in [-0.05, 0) is 67.6 Å². The zero-order valence-electron chi connectivity index (χ0n) is 21.6. The summed E-state index contributed by atoms with van der Waals surface area (Å²) < 4.78 is 22.2. The van der Waals surface area contributed by atoms with Crippen LogP contribution in [0.25, 0.3) is 11.0 Å². The van der Waals surface area contributed by atoms with Crippen molar-refractivity contribution in [3.8, 4) is 5.75 Å². The quantitative estimate of drug-likeness (QED) is 0.262. The van der Waals surface area contributed by atoms with Crippen molar-refractivity contribution < 1.29 is 13.9 Å². The Balaban J connectivity index is 1.47. The van der Waals surface area contributed by atoms with Gasteiger partial charge in [0.05, 0.1) is 24.1 Å². The number of ether oxygens (including phenoxy) is 1. The molecule has 1 fully saturated rings. The lowest BCUT2D eigenvalue weighted by Gasteiger charge is -2.23. The van der Waals surface area contributed by atoms with E-state index in [1.165, 1.54) is 60.4 Å². The van der Waals surface area contributed by atoms with Gasteiger partial charge in [-0.2, -0.15) is 0 Å². The van der Waals surface area contributed by atoms with Gasteiger partial charge in [-0.3, -0.25) is 4.79 Å². The van der Waals surface area contributed by atoms with Gasteiger partial charge in [0, 0.05) is 31.1 Å². The van der Waals surface area contributed by atoms with Crippen LogP contribution >= 0.6 is 0 Å². The normalized spacial score (nSPS) is 14.1. The number of amides is 1. The lowest BCUT2D eigenvalue weighted by Crippen LogP contribution is -2.27. The van der Waals surface area contributed by atoms with E-state index in [4.69, 9.17) is 9.72 Å². The Kier molecular flexibility index (Phi) is 7.54. The molecule has 1 aliphatic carbocycles. The van der Waals surface area contributed by atoms with Crippen molar-refractivity contribution >= 4 is 22.6 Å². The topological polar surface area (TPSA) is 47.4 Å². The molecular weight excluding hydrogens is 465 g/mol. The summed E-state index contributed by atoms with van der Waals surface area (Å²) in [6, 6.07) is 18.5. The smallest absolute Gasteiger partial charge is 0.261 e. The Labute approximate surface area is 217 Å². The van der Waals surface area contributed by atoms with Gasteiger partial charge in [-0.15, -0.1) is 0 Å². The van der Waals surface area contributed by atoms with E-state index < -0.39 is 11.7 Å². The molecule has 5 nitrogen and oxygen atoms in total. The average molecular weight is 500 g/mol. The molecule has 1 saturated carbocycles. The molecule has 0 radical (unpaired) electrons. The molecule has 6 heteroatoms. The van der Waals surface area contributed by atoms with E-state index in [2.05, 4.69) is 22.8 Å². The molecule has 192 valence electrons. The molecule has 5 rings (SSSR count). The number of halogens is 1. The summed E-state index contributed by atoms with van der Waals surface area (Å²) in [5.41, 5.74) is 4.04. The van der Waals surface area contributed by atoms with Crippen LogP contribution in [0.3, 0.4) is 0 Å². The summed E-state index contributed by atoms with van der Waals surface area (Å²) in [5, 5.41) is 0.988. The summed E-state index contributed by atoms with van der Waals surface area (Å²) in [4.78, 5) is 19.3. The first-order chi connectivity index (χ1) is 18.0. The van der Waals surface area contributed by atoms with Gasteiger partial charge < -0.3 is 14.2 Å². The summed E-state index contributed by atoms with van der Waals surface area (Å²) in [5.74, 6) is 0.609. The molecule has 0 N–H and O–H groups in total. The third kappa shape index (κ3) is 5.53. The first kappa shape index (κ1) is 25.0. The highest BCUT2D eigenvalue weighted by Crippen LogP contribution is 2.30. The van der Waals surface area contributed by atoms with Gasteiger partial charge in [-0.25, -0.2) is 9.37 Å². The van der Waals surface area contributed by atoms with Crippen molar-refractivity contribution in [1.29, 1.82) is 0 Å². The maximum atomic E-state index is 14.2. The highest BCUT2D eigenvalue weighted by atomic mass is 19.1. The summed E-state index contributed by atoms with van der Waals surface area (Å²) in [6.07, 6.45) is 8.91. The molecule has 1 aliphatic rings. The second kappa shape index (κ2) is 11.2. The van der Waals surface area contributed by atoms with Crippen LogP contribution in [-0.4, -0.2) is 29.1 Å². The number of nitrogens with zero attached hydrogens (tertiary/aromatic N) is 3. The Morgan fingerprint density at radius 2 is 1.84 bits per heavy atom. The van der Waals surface area contributed by atoms with Crippen molar-refractivity contribution in [2.75, 3.05) is 18.6 Å². The lowest BCUT2D eigenvalue weighted by molar-refractivity contribution is 0.0989. The molecule has 0 unspecified atom stereocenters. The standard InChI is InChI=1S/C31H34FN3O2/c1-3-37-27-15-13-22(14-16-27)17-25-18-24-19-26(34(2)31(36)28-11-7-8-12-29(28)32)20-33-30(24)35(25)21-23-9-5-4-6-10-23/h7-8,11-16,18-20,23H,3-6,9-10,17,21H2,1-2H3. The zero-order valence-corrected chi connectivity index (χ0v) is 21.6. The van der Waals surface area contributed by atoms with E-state index in [0.29, 0.717) is 18.2 Å². The number of hydrogen-bond donors (Lipinski definition) is 0. The maximum absolute atomic E-state index is 14.2. The van der Waals surface area contributed by atoms with E-state index in [0.717, 1.165) is 29.7 Å². The largest absolute Gasteiger partial charge is 0.494 e. The summed E-state index contributed by atoms with van der Waals surface area (Å²) >= 11 is 0. The number of carbonyl (C=O) groups excluding carboxylic acids is 1. The number of hydrogen-bond acceptors (Lipinski definition) is 3. The third-order valence-corrected chi connectivity index (χ3v) is 7.39. The van der Waals surface area contributed by atoms with Crippen LogP contribution in [0.1, 0.15) is 60.6 Å². The van der Waals surface area contributed by atoms with Gasteiger partial charge in [0.1, 0.15) is 17.2 Å². The highest BCUT2D eigenvalue weighted by molar-refractivity contribution is 6.06. The fraction of sp³-hybridized carbons (Fsp3) is 0.355. The molecule has 0 saturated heterocycles. The second-order valence-corrected chi connectivity index (χ2v) is 9.95. The van der Waals surface area contributed by atoms with Gasteiger partial charge in [0.25, 0.3) is 5.91 Å². The summed E-state index contributed by atoms with van der Waals surface area (Å²) in [7, 11) is 1.66. The van der Waals surface area contributed by atoms with E-state index in [-0.39, 0.29) is 5.56 Å². The Morgan fingerprint density at radius 3 is 2.57 bits per heavy atom. The Bertz CT molecular complexity index is 1370. The van der Waals surface area contributed by atoms with E-state index in [1.54, 1.807) is 25.4 Å². The van der Waals surface area contributed by atoms with Gasteiger partial charge in [0.15, 0.2) is 0 Å². The molecule has 0 bridgehead atoms. The van der Waals surface area contributed by atoms with Crippen LogP contribution in [0.15, 0.2) is 66.9 Å². The minimum atomic E-state index is -0.523. The first-order valence-corrected chi connectivity index (χ1v) is 13.3. The number of benzene rings is 2. The number of carbonyl (C=O) groups is 1. The Hall–Kier alpha value is -3.67. The van der Waals surface area contributed by atoms with Gasteiger partial charge >= 0.3 is 0 Å². The van der Waals surface area contributed by atoms with Crippen LogP contribution in [0.2, 0.25) is 0 Å². The first-order valence-electron chi connectivity index (χ1n) is 13.3. The minimum absolute atomic E-state index is 0.0520. The lowest BCUT2D eigenvalue weighted by atomic mass is 9.89. The molecule has 4 aromatic rings. The number of rotatable bonds is 8. The fourth-order valence-corrected chi connectivity index (χ4v) is 5.36. The molecular formula is C31H34FN3O2. The van der Waals surface area contributed by atoms with E-state index in [1.807, 2.05) is 25.1 Å². The number of fused-ring (bicyclic) bond motifs is 1. The predicted molar refractivity (Wildman–Crippen MR) is 146 cm³/mol. The molecule has 2 aromatic carbocycles. The van der Waals surface area contributed by atoms with E-state index in [9.17, 15) is 9.18 Å². The van der Waals surface area contributed by atoms with Crippen LogP contribution in [-0.2, 0) is 13.0 Å². The third-order valence-electron chi connectivity index (χ3n) is 7.39. The second-order valence-electron chi connectivity index (χ2n) is 9.95. The van der Waals surface area contributed by atoms with Crippen molar-refractivity contribution in [1.82, 2.24) is 9.55 Å². The summed E-state index contributed by atoms with van der Waals surface area (Å²) in [6.45, 7) is 3.59. The van der Waals surface area contributed by atoms with E-state index >= 15 is 0 Å². The van der Waals surface area contributed by atoms with Crippen molar-refractivity contribution in [3.05, 3.63) is 89.5 Å². The molecule has 0 atom stereocenters. The Morgan fingerprint density at radius 1 is 1.08 bits per heavy atom. The number of anilines is 1. The van der Waals surface area contributed by atoms with Crippen LogP contribution in [0.5, 0.6) is 5.75 Å². The molecule has 2 heterocycles. The minimum Gasteiger partial charge on any atom is -0.494 e. The monoisotopic (exact) mass is 499 g/mol. The van der Waals surface area contributed by atoms with Crippen molar-refractivity contribution in [2.24, 2.45) is 5.92 Å². The highest BCUT2D eigenvalue weighted by Gasteiger charge is 2.21. The number of pyridine rings is 1. The van der Waals surface area contributed by atoms with Crippen molar-refractivity contribution in [2.45, 2.75) is 52.0 Å². The fourth-order valence-electron chi connectivity index (χ4n) is 5.36. The van der Waals surface area contributed by atoms with Crippen molar-refractivity contribution in [3.63, 3.8) is 0 Å². The van der Waals surface area contributed by atoms with Gasteiger partial charge in [-0.1, -0.05) is 43.5 Å². The SMILES string of the molecule is CCOc1ccc(Cc2cc3cc(N(C)C(=O)c4ccccc4F)cnc3n2CC2CCCCC2)cc1. The van der Waals surface area contributed by atoms with Crippen LogP contribution in [0.4, 0.5) is 10.1 Å². The molecule has 1 amide bonds. The van der Waals surface area contributed by atoms with Crippen LogP contribution < -0.4 is 9.64 Å². The predicted octanol–water partition coefficient (Wildman–Crippen LogP) is 7.02. The molecule has 0 spiro atoms. The average Bonchev–Trinajstić information content (AvgIpc) is 3.25. The molecule has 0 aliphatic heterocycles. The van der Waals surface area contributed by atoms with Gasteiger partial charge in [0.2, 0.25) is 0 Å². The number of aromatic nitrogens is 2. The maximum Gasteiger partial charge on any atom is 0.261 e. The van der Waals surface area contributed by atoms with Crippen LogP contribution in [0, 0.1) is 11.7 Å². The zero-order chi connectivity index (χ0) is 25.8.